The van der Waals surface area contributed by atoms with Gasteiger partial charge in [-0.25, -0.2) is 0 Å². The molecule has 0 saturated carbocycles. The molecule has 0 radical (unpaired) electrons. The molecule has 2 aromatic carbocycles. The molecule has 4 N–H and O–H groups in total. The van der Waals surface area contributed by atoms with E-state index in [1.165, 1.54) is 38.1 Å². The maximum atomic E-state index is 11.1. The van der Waals surface area contributed by atoms with E-state index in [2.05, 4.69) is 0 Å². The lowest BCUT2D eigenvalue weighted by molar-refractivity contribution is -0.385. The predicted octanol–water partition coefficient (Wildman–Crippen LogP) is 4.93. The Morgan fingerprint density at radius 2 is 1.30 bits per heavy atom. The van der Waals surface area contributed by atoms with E-state index >= 15 is 0 Å². The van der Waals surface area contributed by atoms with E-state index in [4.69, 9.17) is 10.8 Å². The highest BCUT2D eigenvalue weighted by Gasteiger charge is 2.18. The number of carbonyl (C=O) groups excluding carboxylic acids is 2. The molecule has 2 aromatic rings. The van der Waals surface area contributed by atoms with Crippen molar-refractivity contribution in [3.05, 3.63) is 57.6 Å². The molecule has 30 heavy (non-hydrogen) atoms. The molecular formula is C22H32N2O6. The van der Waals surface area contributed by atoms with Crippen molar-refractivity contribution in [2.24, 2.45) is 0 Å². The summed E-state index contributed by atoms with van der Waals surface area (Å²) in [7, 11) is 0. The molecule has 0 spiro atoms. The largest absolute Gasteiger partial charge is 0.506 e. The van der Waals surface area contributed by atoms with E-state index in [-0.39, 0.29) is 49.5 Å². The quantitative estimate of drug-likeness (QED) is 0.269. The van der Waals surface area contributed by atoms with Crippen LogP contribution in [0.4, 0.5) is 11.4 Å². The third-order valence-corrected chi connectivity index (χ3v) is 4.47. The van der Waals surface area contributed by atoms with E-state index < -0.39 is 10.8 Å². The molecule has 166 valence electrons. The highest BCUT2D eigenvalue weighted by molar-refractivity contribution is 5.83. The maximum Gasteiger partial charge on any atom is 0.310 e. The van der Waals surface area contributed by atoms with Crippen LogP contribution < -0.4 is 5.73 Å². The third-order valence-electron chi connectivity index (χ3n) is 4.47. The number of carbonyl (C=O) groups is 2. The van der Waals surface area contributed by atoms with Crippen molar-refractivity contribution in [3.8, 4) is 11.5 Å². The van der Waals surface area contributed by atoms with Crippen LogP contribution in [-0.4, -0.2) is 26.7 Å². The lowest BCUT2D eigenvalue weighted by atomic mass is 9.97. The molecule has 0 aliphatic heterocycles. The first-order valence-electron chi connectivity index (χ1n) is 8.52. The average molecular weight is 421 g/mol. The molecule has 0 aliphatic rings. The van der Waals surface area contributed by atoms with Gasteiger partial charge in [0.15, 0.2) is 5.75 Å². The van der Waals surface area contributed by atoms with Gasteiger partial charge in [-0.3, -0.25) is 19.7 Å². The van der Waals surface area contributed by atoms with Crippen LogP contribution in [0, 0.1) is 10.1 Å². The molecule has 0 fully saturated rings. The van der Waals surface area contributed by atoms with Crippen molar-refractivity contribution in [2.45, 2.75) is 54.4 Å². The van der Waals surface area contributed by atoms with Crippen LogP contribution in [0.5, 0.6) is 11.5 Å². The van der Waals surface area contributed by atoms with Gasteiger partial charge < -0.3 is 15.9 Å². The molecule has 0 bridgehead atoms. The van der Waals surface area contributed by atoms with Crippen molar-refractivity contribution in [1.82, 2.24) is 0 Å². The van der Waals surface area contributed by atoms with Gasteiger partial charge in [-0.15, -0.1) is 0 Å². The molecule has 2 atom stereocenters. The minimum atomic E-state index is -0.675. The summed E-state index contributed by atoms with van der Waals surface area (Å²) in [6, 6.07) is 8.80. The highest BCUT2D eigenvalue weighted by Crippen LogP contribution is 2.29. The minimum absolute atomic E-state index is 0. The second-order valence-corrected chi connectivity index (χ2v) is 6.49. The first-order chi connectivity index (χ1) is 13.0. The zero-order valence-corrected chi connectivity index (χ0v) is 16.2. The Kier molecular flexibility index (Phi) is 11.7. The predicted molar refractivity (Wildman–Crippen MR) is 119 cm³/mol. The zero-order valence-electron chi connectivity index (χ0n) is 16.2. The van der Waals surface area contributed by atoms with Gasteiger partial charge in [0.25, 0.3) is 0 Å². The molecule has 0 saturated heterocycles. The molecule has 8 nitrogen and oxygen atoms in total. The number of ketones is 2. The molecule has 2 rings (SSSR count). The fourth-order valence-electron chi connectivity index (χ4n) is 2.27. The van der Waals surface area contributed by atoms with Crippen molar-refractivity contribution >= 4 is 22.9 Å². The van der Waals surface area contributed by atoms with Gasteiger partial charge >= 0.3 is 5.69 Å². The minimum Gasteiger partial charge on any atom is -0.506 e. The van der Waals surface area contributed by atoms with Gasteiger partial charge in [0, 0.05) is 17.9 Å². The van der Waals surface area contributed by atoms with Gasteiger partial charge in [0.05, 0.1) is 10.6 Å². The first kappa shape index (κ1) is 28.8. The van der Waals surface area contributed by atoms with E-state index in [9.17, 15) is 24.8 Å². The molecule has 0 aromatic heterocycles. The first-order valence-corrected chi connectivity index (χ1v) is 8.52. The summed E-state index contributed by atoms with van der Waals surface area (Å²) in [6.45, 7) is 6.43. The number of benzene rings is 2. The summed E-state index contributed by atoms with van der Waals surface area (Å²) in [6.07, 6.45) is 0. The van der Waals surface area contributed by atoms with E-state index in [0.717, 1.165) is 5.56 Å². The Morgan fingerprint density at radius 3 is 1.67 bits per heavy atom. The lowest BCUT2D eigenvalue weighted by Crippen LogP contribution is -2.04. The number of nitrogen functional groups attached to an aromatic ring is 1. The summed E-state index contributed by atoms with van der Waals surface area (Å²) in [5.74, 6) is -0.883. The fraction of sp³-hybridized carbons (Fsp3) is 0.364. The molecule has 0 amide bonds. The highest BCUT2D eigenvalue weighted by atomic mass is 16.6. The van der Waals surface area contributed by atoms with Crippen LogP contribution in [0.2, 0.25) is 0 Å². The normalized spacial score (nSPS) is 11.5. The number of nitro benzene ring substituents is 1. The van der Waals surface area contributed by atoms with E-state index in [1.54, 1.807) is 19.1 Å². The molecule has 2 unspecified atom stereocenters. The SMILES string of the molecule is C.C.CC(=O)C(C)c1ccc(O)c(N)c1.CC(=O)C(C)c1ccc(O)c([N+](=O)[O-])c1. The Bertz CT molecular complexity index is 895. The molecule has 0 aliphatic carbocycles. The Labute approximate surface area is 177 Å². The summed E-state index contributed by atoms with van der Waals surface area (Å²) in [5.41, 5.74) is 6.80. The lowest BCUT2D eigenvalue weighted by Gasteiger charge is -2.08. The number of nitrogens with zero attached hydrogens (tertiary/aromatic N) is 1. The topological polar surface area (TPSA) is 144 Å². The van der Waals surface area contributed by atoms with Gasteiger partial charge in [0.1, 0.15) is 17.3 Å². The Balaban J connectivity index is 0. The number of Topliss-reactive ketones (excluding diaryl/α,β-unsaturated/α-hetero) is 2. The van der Waals surface area contributed by atoms with Gasteiger partial charge in [0.2, 0.25) is 0 Å². The van der Waals surface area contributed by atoms with Gasteiger partial charge in [-0.05, 0) is 43.2 Å². The zero-order chi connectivity index (χ0) is 21.6. The average Bonchev–Trinajstić information content (AvgIpc) is 2.63. The summed E-state index contributed by atoms with van der Waals surface area (Å²) < 4.78 is 0. The van der Waals surface area contributed by atoms with Crippen molar-refractivity contribution < 1.29 is 24.7 Å². The molecule has 0 heterocycles. The second kappa shape index (κ2) is 12.2. The van der Waals surface area contributed by atoms with Crippen molar-refractivity contribution in [2.75, 3.05) is 5.73 Å². The number of anilines is 1. The van der Waals surface area contributed by atoms with Crippen LogP contribution in [-0.2, 0) is 9.59 Å². The molecular weight excluding hydrogens is 388 g/mol. The standard InChI is InChI=1S/C10H11NO4.C10H13NO2.2CH4/c1-6(7(2)12)8-3-4-10(13)9(5-8)11(14)15;1-6(7(2)12)8-3-4-10(13)9(11)5-8;;/h3-6,13H,1-2H3;3-6,13H,11H2,1-2H3;2*1H4. The van der Waals surface area contributed by atoms with E-state index in [0.29, 0.717) is 11.3 Å². The van der Waals surface area contributed by atoms with Crippen molar-refractivity contribution in [3.63, 3.8) is 0 Å². The number of phenolic OH excluding ortho intramolecular Hbond substituents is 2. The van der Waals surface area contributed by atoms with Crippen LogP contribution >= 0.6 is 0 Å². The third kappa shape index (κ3) is 7.54. The summed E-state index contributed by atoms with van der Waals surface area (Å²) >= 11 is 0. The number of nitrogens with two attached hydrogens (primary N) is 1. The number of hydrogen-bond donors (Lipinski definition) is 3. The monoisotopic (exact) mass is 420 g/mol. The van der Waals surface area contributed by atoms with E-state index in [1.807, 2.05) is 6.92 Å². The number of rotatable bonds is 5. The van der Waals surface area contributed by atoms with Crippen LogP contribution in [0.3, 0.4) is 0 Å². The smallest absolute Gasteiger partial charge is 0.310 e. The Morgan fingerprint density at radius 1 is 0.900 bits per heavy atom. The second-order valence-electron chi connectivity index (χ2n) is 6.49. The summed E-state index contributed by atoms with van der Waals surface area (Å²) in [5, 5.41) is 28.9. The number of nitro groups is 1. The Hall–Kier alpha value is -3.42. The van der Waals surface area contributed by atoms with Gasteiger partial charge in [-0.1, -0.05) is 40.8 Å². The number of phenols is 2. The summed E-state index contributed by atoms with van der Waals surface area (Å²) in [4.78, 5) is 32.0. The maximum absolute atomic E-state index is 11.1. The fourth-order valence-corrected chi connectivity index (χ4v) is 2.27. The van der Waals surface area contributed by atoms with Crippen LogP contribution in [0.1, 0.15) is 65.5 Å². The number of hydrogen-bond acceptors (Lipinski definition) is 7. The van der Waals surface area contributed by atoms with Gasteiger partial charge in [-0.2, -0.15) is 0 Å². The number of aromatic hydroxyl groups is 2. The van der Waals surface area contributed by atoms with Crippen LogP contribution in [0.25, 0.3) is 0 Å². The molecule has 8 heteroatoms. The van der Waals surface area contributed by atoms with Crippen molar-refractivity contribution in [1.29, 1.82) is 0 Å². The van der Waals surface area contributed by atoms with Crippen LogP contribution in [0.15, 0.2) is 36.4 Å².